The van der Waals surface area contributed by atoms with E-state index in [9.17, 15) is 4.79 Å². The molecule has 2 heterocycles. The lowest BCUT2D eigenvalue weighted by molar-refractivity contribution is 0.0564. The van der Waals surface area contributed by atoms with Gasteiger partial charge in [-0.2, -0.15) is 5.10 Å². The highest BCUT2D eigenvalue weighted by atomic mass is 16.5. The fourth-order valence-electron chi connectivity index (χ4n) is 1.35. The molecule has 0 unspecified atom stereocenters. The molecule has 1 aromatic rings. The zero-order chi connectivity index (χ0) is 10.7. The maximum atomic E-state index is 11.7. The monoisotopic (exact) mass is 211 g/mol. The van der Waals surface area contributed by atoms with E-state index in [2.05, 4.69) is 15.5 Å². The fraction of sp³-hybridized carbons (Fsp3) is 0.500. The Morgan fingerprint density at radius 2 is 2.33 bits per heavy atom. The van der Waals surface area contributed by atoms with Gasteiger partial charge in [-0.1, -0.05) is 0 Å². The number of carbonyl (C=O) groups excluding carboxylic acids is 1. The van der Waals surface area contributed by atoms with Gasteiger partial charge in [-0.25, -0.2) is 4.79 Å². The molecule has 1 aromatic heterocycles. The van der Waals surface area contributed by atoms with E-state index in [1.165, 1.54) is 6.20 Å². The molecule has 0 spiro atoms. The Morgan fingerprint density at radius 1 is 1.60 bits per heavy atom. The minimum atomic E-state index is -0.186. The van der Waals surface area contributed by atoms with Gasteiger partial charge in [0, 0.05) is 13.1 Å². The van der Waals surface area contributed by atoms with Crippen LogP contribution in [0.1, 0.15) is 0 Å². The number of nitrogen functional groups attached to an aromatic ring is 1. The summed E-state index contributed by atoms with van der Waals surface area (Å²) < 4.78 is 5.14. The van der Waals surface area contributed by atoms with Crippen LogP contribution in [0.25, 0.3) is 0 Å². The standard InChI is InChI=1S/C8H13N5O2/c9-6-5-10-12-7(6)11-8(14)13-1-3-15-4-2-13/h5H,1-4,9H2,(H2,10,11,12,14). The summed E-state index contributed by atoms with van der Waals surface area (Å²) in [5, 5.41) is 8.97. The van der Waals surface area contributed by atoms with Gasteiger partial charge in [0.25, 0.3) is 0 Å². The summed E-state index contributed by atoms with van der Waals surface area (Å²) >= 11 is 0. The third-order valence-corrected chi connectivity index (χ3v) is 2.20. The number of hydrogen-bond acceptors (Lipinski definition) is 4. The maximum absolute atomic E-state index is 11.7. The lowest BCUT2D eigenvalue weighted by Crippen LogP contribution is -2.43. The first-order valence-electron chi connectivity index (χ1n) is 4.70. The van der Waals surface area contributed by atoms with Gasteiger partial charge in [0.05, 0.1) is 25.1 Å². The molecule has 15 heavy (non-hydrogen) atoms. The van der Waals surface area contributed by atoms with Gasteiger partial charge >= 0.3 is 6.03 Å². The van der Waals surface area contributed by atoms with E-state index in [-0.39, 0.29) is 6.03 Å². The molecule has 7 nitrogen and oxygen atoms in total. The van der Waals surface area contributed by atoms with Crippen LogP contribution < -0.4 is 11.1 Å². The Morgan fingerprint density at radius 3 is 2.93 bits per heavy atom. The Kier molecular flexibility index (Phi) is 2.72. The molecule has 0 radical (unpaired) electrons. The minimum absolute atomic E-state index is 0.186. The number of nitrogens with one attached hydrogen (secondary N) is 2. The number of rotatable bonds is 1. The Bertz CT molecular complexity index is 345. The van der Waals surface area contributed by atoms with Gasteiger partial charge in [0.15, 0.2) is 5.82 Å². The quantitative estimate of drug-likeness (QED) is 0.602. The van der Waals surface area contributed by atoms with Crippen molar-refractivity contribution in [3.8, 4) is 0 Å². The first-order valence-corrected chi connectivity index (χ1v) is 4.70. The zero-order valence-corrected chi connectivity index (χ0v) is 8.19. The number of aromatic amines is 1. The van der Waals surface area contributed by atoms with Crippen molar-refractivity contribution in [3.63, 3.8) is 0 Å². The molecule has 2 amide bonds. The number of amides is 2. The molecule has 1 aliphatic heterocycles. The fourth-order valence-corrected chi connectivity index (χ4v) is 1.35. The number of anilines is 2. The van der Waals surface area contributed by atoms with Crippen molar-refractivity contribution in [2.45, 2.75) is 0 Å². The van der Waals surface area contributed by atoms with Gasteiger partial charge in [-0.3, -0.25) is 10.4 Å². The summed E-state index contributed by atoms with van der Waals surface area (Å²) in [6.07, 6.45) is 1.45. The third-order valence-electron chi connectivity index (χ3n) is 2.20. The second kappa shape index (κ2) is 4.18. The van der Waals surface area contributed by atoms with Crippen LogP contribution in [0.5, 0.6) is 0 Å². The number of aromatic nitrogens is 2. The van der Waals surface area contributed by atoms with E-state index in [1.807, 2.05) is 0 Å². The number of ether oxygens (including phenoxy) is 1. The molecule has 0 saturated carbocycles. The highest BCUT2D eigenvalue weighted by Gasteiger charge is 2.17. The maximum Gasteiger partial charge on any atom is 0.323 e. The molecule has 1 fully saturated rings. The van der Waals surface area contributed by atoms with Gasteiger partial charge in [-0.15, -0.1) is 0 Å². The van der Waals surface area contributed by atoms with Crippen molar-refractivity contribution in [3.05, 3.63) is 6.20 Å². The first-order chi connectivity index (χ1) is 7.27. The molecular formula is C8H13N5O2. The zero-order valence-electron chi connectivity index (χ0n) is 8.19. The summed E-state index contributed by atoms with van der Waals surface area (Å²) in [7, 11) is 0. The number of morpholine rings is 1. The van der Waals surface area contributed by atoms with E-state index >= 15 is 0 Å². The number of nitrogens with zero attached hydrogens (tertiary/aromatic N) is 2. The normalized spacial score (nSPS) is 16.4. The molecule has 0 aliphatic carbocycles. The molecule has 1 aliphatic rings. The molecule has 4 N–H and O–H groups in total. The first kappa shape index (κ1) is 9.78. The predicted molar refractivity (Wildman–Crippen MR) is 54.4 cm³/mol. The SMILES string of the molecule is Nc1cn[nH]c1NC(=O)N1CCOCC1. The van der Waals surface area contributed by atoms with Crippen molar-refractivity contribution in [1.82, 2.24) is 15.1 Å². The van der Waals surface area contributed by atoms with Crippen molar-refractivity contribution in [1.29, 1.82) is 0 Å². The lowest BCUT2D eigenvalue weighted by atomic mass is 10.4. The second-order valence-corrected chi connectivity index (χ2v) is 3.23. The molecule has 1 saturated heterocycles. The third kappa shape index (κ3) is 2.18. The van der Waals surface area contributed by atoms with Crippen molar-refractivity contribution >= 4 is 17.5 Å². The van der Waals surface area contributed by atoms with Gasteiger partial charge in [0.2, 0.25) is 0 Å². The molecule has 0 bridgehead atoms. The molecule has 7 heteroatoms. The molecule has 0 atom stereocenters. The van der Waals surface area contributed by atoms with Gasteiger partial charge < -0.3 is 15.4 Å². The Labute approximate surface area is 86.6 Å². The lowest BCUT2D eigenvalue weighted by Gasteiger charge is -2.26. The number of nitrogens with two attached hydrogens (primary N) is 1. The van der Waals surface area contributed by atoms with Crippen molar-refractivity contribution < 1.29 is 9.53 Å². The van der Waals surface area contributed by atoms with E-state index in [0.29, 0.717) is 37.8 Å². The van der Waals surface area contributed by atoms with Gasteiger partial charge in [0.1, 0.15) is 0 Å². The topological polar surface area (TPSA) is 96.3 Å². The Balaban J connectivity index is 1.94. The van der Waals surface area contributed by atoms with Crippen LogP contribution in [0.2, 0.25) is 0 Å². The summed E-state index contributed by atoms with van der Waals surface area (Å²) in [6.45, 7) is 2.34. The average molecular weight is 211 g/mol. The summed E-state index contributed by atoms with van der Waals surface area (Å²) in [6, 6.07) is -0.186. The summed E-state index contributed by atoms with van der Waals surface area (Å²) in [5.74, 6) is 0.437. The highest BCUT2D eigenvalue weighted by molar-refractivity contribution is 5.91. The van der Waals surface area contributed by atoms with E-state index in [4.69, 9.17) is 10.5 Å². The molecular weight excluding hydrogens is 198 g/mol. The predicted octanol–water partition coefficient (Wildman–Crippen LogP) is -0.144. The average Bonchev–Trinajstić information content (AvgIpc) is 2.66. The minimum Gasteiger partial charge on any atom is -0.394 e. The van der Waals surface area contributed by atoms with Crippen LogP contribution in [0, 0.1) is 0 Å². The molecule has 2 rings (SSSR count). The van der Waals surface area contributed by atoms with E-state index in [1.54, 1.807) is 4.90 Å². The summed E-state index contributed by atoms with van der Waals surface area (Å²) in [4.78, 5) is 13.3. The number of H-pyrrole nitrogens is 1. The van der Waals surface area contributed by atoms with E-state index in [0.717, 1.165) is 0 Å². The summed E-state index contributed by atoms with van der Waals surface area (Å²) in [5.41, 5.74) is 5.99. The molecule has 0 aromatic carbocycles. The van der Waals surface area contributed by atoms with Crippen LogP contribution >= 0.6 is 0 Å². The number of carbonyl (C=O) groups is 1. The van der Waals surface area contributed by atoms with Crippen LogP contribution in [-0.4, -0.2) is 47.4 Å². The smallest absolute Gasteiger partial charge is 0.323 e. The van der Waals surface area contributed by atoms with E-state index < -0.39 is 0 Å². The number of hydrogen-bond donors (Lipinski definition) is 3. The Hall–Kier alpha value is -1.76. The number of urea groups is 1. The molecule has 82 valence electrons. The van der Waals surface area contributed by atoms with Crippen LogP contribution in [0.3, 0.4) is 0 Å². The van der Waals surface area contributed by atoms with Crippen molar-refractivity contribution in [2.75, 3.05) is 37.4 Å². The van der Waals surface area contributed by atoms with Gasteiger partial charge in [-0.05, 0) is 0 Å². The van der Waals surface area contributed by atoms with Crippen LogP contribution in [0.4, 0.5) is 16.3 Å². The van der Waals surface area contributed by atoms with Crippen LogP contribution in [0.15, 0.2) is 6.20 Å². The highest BCUT2D eigenvalue weighted by Crippen LogP contribution is 2.13. The second-order valence-electron chi connectivity index (χ2n) is 3.23. The van der Waals surface area contributed by atoms with Crippen molar-refractivity contribution in [2.24, 2.45) is 0 Å². The largest absolute Gasteiger partial charge is 0.394 e. The van der Waals surface area contributed by atoms with Crippen LogP contribution in [-0.2, 0) is 4.74 Å².